The van der Waals surface area contributed by atoms with Crippen LogP contribution in [0.3, 0.4) is 0 Å². The molecule has 0 fully saturated rings. The van der Waals surface area contributed by atoms with Crippen LogP contribution in [0.25, 0.3) is 0 Å². The fourth-order valence-electron chi connectivity index (χ4n) is 2.69. The number of amides is 1. The summed E-state index contributed by atoms with van der Waals surface area (Å²) >= 11 is 5.88. The molecule has 102 valence electrons. The van der Waals surface area contributed by atoms with E-state index in [1.165, 1.54) is 11.1 Å². The van der Waals surface area contributed by atoms with E-state index in [9.17, 15) is 4.79 Å². The van der Waals surface area contributed by atoms with Gasteiger partial charge in [-0.2, -0.15) is 0 Å². The number of carbonyl (C=O) groups is 1. The van der Waals surface area contributed by atoms with Crippen LogP contribution in [-0.4, -0.2) is 12.5 Å². The van der Waals surface area contributed by atoms with E-state index in [0.29, 0.717) is 10.6 Å². The first kappa shape index (κ1) is 13.2. The molecule has 0 saturated carbocycles. The fraction of sp³-hybridized carbons (Fsp3) is 0.235. The van der Waals surface area contributed by atoms with E-state index >= 15 is 0 Å². The van der Waals surface area contributed by atoms with Gasteiger partial charge in [0, 0.05) is 22.8 Å². The molecule has 1 aliphatic heterocycles. The summed E-state index contributed by atoms with van der Waals surface area (Å²) in [5.74, 6) is 0.0477. The summed E-state index contributed by atoms with van der Waals surface area (Å²) in [6.45, 7) is 2.86. The summed E-state index contributed by atoms with van der Waals surface area (Å²) < 4.78 is 0. The molecule has 0 bridgehead atoms. The van der Waals surface area contributed by atoms with Gasteiger partial charge in [-0.05, 0) is 55.7 Å². The van der Waals surface area contributed by atoms with Crippen LogP contribution in [0.4, 0.5) is 5.69 Å². The quantitative estimate of drug-likeness (QED) is 0.767. The summed E-state index contributed by atoms with van der Waals surface area (Å²) in [6.07, 6.45) is 2.05. The molecular weight excluding hydrogens is 270 g/mol. The normalized spacial score (nSPS) is 14.0. The minimum absolute atomic E-state index is 0.0477. The number of anilines is 1. The molecule has 1 heterocycles. The van der Waals surface area contributed by atoms with Crippen LogP contribution < -0.4 is 4.90 Å². The summed E-state index contributed by atoms with van der Waals surface area (Å²) in [7, 11) is 0. The lowest BCUT2D eigenvalue weighted by atomic mass is 9.99. The Balaban J connectivity index is 1.96. The summed E-state index contributed by atoms with van der Waals surface area (Å²) in [6, 6.07) is 13.4. The van der Waals surface area contributed by atoms with Gasteiger partial charge in [-0.15, -0.1) is 0 Å². The molecule has 1 amide bonds. The fourth-order valence-corrected chi connectivity index (χ4v) is 2.81. The third kappa shape index (κ3) is 2.44. The standard InChI is InChI=1S/C17H16ClNO/c1-12-4-9-16-14(11-12)3-2-10-19(16)17(20)13-5-7-15(18)8-6-13/h4-9,11H,2-3,10H2,1H3. The van der Waals surface area contributed by atoms with Crippen LogP contribution >= 0.6 is 11.6 Å². The minimum Gasteiger partial charge on any atom is -0.308 e. The van der Waals surface area contributed by atoms with Gasteiger partial charge in [-0.25, -0.2) is 0 Å². The van der Waals surface area contributed by atoms with Crippen molar-refractivity contribution in [2.75, 3.05) is 11.4 Å². The number of nitrogens with zero attached hydrogens (tertiary/aromatic N) is 1. The Morgan fingerprint density at radius 1 is 1.15 bits per heavy atom. The molecule has 0 radical (unpaired) electrons. The van der Waals surface area contributed by atoms with Crippen molar-refractivity contribution >= 4 is 23.2 Å². The minimum atomic E-state index is 0.0477. The zero-order valence-corrected chi connectivity index (χ0v) is 12.2. The van der Waals surface area contributed by atoms with E-state index in [0.717, 1.165) is 25.1 Å². The highest BCUT2D eigenvalue weighted by Crippen LogP contribution is 2.29. The molecule has 0 saturated heterocycles. The van der Waals surface area contributed by atoms with Crippen molar-refractivity contribution in [3.8, 4) is 0 Å². The van der Waals surface area contributed by atoms with Crippen LogP contribution in [0.1, 0.15) is 27.9 Å². The van der Waals surface area contributed by atoms with Crippen molar-refractivity contribution in [3.63, 3.8) is 0 Å². The van der Waals surface area contributed by atoms with Gasteiger partial charge in [0.1, 0.15) is 0 Å². The van der Waals surface area contributed by atoms with E-state index in [1.807, 2.05) is 4.90 Å². The Morgan fingerprint density at radius 2 is 1.90 bits per heavy atom. The Hall–Kier alpha value is -1.80. The van der Waals surface area contributed by atoms with Gasteiger partial charge in [-0.3, -0.25) is 4.79 Å². The Bertz CT molecular complexity index is 649. The lowest BCUT2D eigenvalue weighted by Gasteiger charge is -2.30. The zero-order valence-electron chi connectivity index (χ0n) is 11.4. The number of rotatable bonds is 1. The number of halogens is 1. The van der Waals surface area contributed by atoms with Gasteiger partial charge in [0.2, 0.25) is 0 Å². The first-order valence-electron chi connectivity index (χ1n) is 6.82. The van der Waals surface area contributed by atoms with Crippen molar-refractivity contribution in [2.45, 2.75) is 19.8 Å². The van der Waals surface area contributed by atoms with Crippen LogP contribution in [0.5, 0.6) is 0 Å². The Kier molecular flexibility index (Phi) is 3.49. The number of fused-ring (bicyclic) bond motifs is 1. The van der Waals surface area contributed by atoms with Crippen molar-refractivity contribution < 1.29 is 4.79 Å². The third-order valence-electron chi connectivity index (χ3n) is 3.69. The second-order valence-corrected chi connectivity index (χ2v) is 5.64. The van der Waals surface area contributed by atoms with Crippen LogP contribution in [-0.2, 0) is 6.42 Å². The average Bonchev–Trinajstić information content (AvgIpc) is 2.46. The largest absolute Gasteiger partial charge is 0.308 e. The van der Waals surface area contributed by atoms with Gasteiger partial charge in [0.05, 0.1) is 0 Å². The molecule has 3 heteroatoms. The highest BCUT2D eigenvalue weighted by molar-refractivity contribution is 6.30. The molecule has 0 atom stereocenters. The number of aryl methyl sites for hydroxylation is 2. The summed E-state index contributed by atoms with van der Waals surface area (Å²) in [4.78, 5) is 14.5. The molecular formula is C17H16ClNO. The van der Waals surface area contributed by atoms with E-state index in [1.54, 1.807) is 24.3 Å². The average molecular weight is 286 g/mol. The second-order valence-electron chi connectivity index (χ2n) is 5.20. The van der Waals surface area contributed by atoms with Crippen molar-refractivity contribution in [1.82, 2.24) is 0 Å². The highest BCUT2D eigenvalue weighted by atomic mass is 35.5. The van der Waals surface area contributed by atoms with E-state index in [2.05, 4.69) is 25.1 Å². The molecule has 3 rings (SSSR count). The highest BCUT2D eigenvalue weighted by Gasteiger charge is 2.23. The molecule has 1 aliphatic rings. The predicted octanol–water partition coefficient (Wildman–Crippen LogP) is 4.24. The number of carbonyl (C=O) groups excluding carboxylic acids is 1. The maximum absolute atomic E-state index is 12.6. The smallest absolute Gasteiger partial charge is 0.258 e. The lowest BCUT2D eigenvalue weighted by Crippen LogP contribution is -2.35. The Morgan fingerprint density at radius 3 is 2.65 bits per heavy atom. The first-order chi connectivity index (χ1) is 9.65. The predicted molar refractivity (Wildman–Crippen MR) is 82.6 cm³/mol. The van der Waals surface area contributed by atoms with E-state index in [-0.39, 0.29) is 5.91 Å². The van der Waals surface area contributed by atoms with Crippen molar-refractivity contribution in [1.29, 1.82) is 0 Å². The molecule has 0 spiro atoms. The van der Waals surface area contributed by atoms with E-state index < -0.39 is 0 Å². The van der Waals surface area contributed by atoms with Crippen LogP contribution in [0.15, 0.2) is 42.5 Å². The van der Waals surface area contributed by atoms with Crippen LogP contribution in [0, 0.1) is 6.92 Å². The third-order valence-corrected chi connectivity index (χ3v) is 3.94. The number of hydrogen-bond acceptors (Lipinski definition) is 1. The monoisotopic (exact) mass is 285 g/mol. The van der Waals surface area contributed by atoms with Gasteiger partial charge >= 0.3 is 0 Å². The zero-order chi connectivity index (χ0) is 14.1. The second kappa shape index (κ2) is 5.29. The molecule has 0 N–H and O–H groups in total. The maximum atomic E-state index is 12.6. The number of benzene rings is 2. The SMILES string of the molecule is Cc1ccc2c(c1)CCCN2C(=O)c1ccc(Cl)cc1. The van der Waals surface area contributed by atoms with Gasteiger partial charge < -0.3 is 4.90 Å². The Labute approximate surface area is 124 Å². The van der Waals surface area contributed by atoms with Gasteiger partial charge in [0.15, 0.2) is 0 Å². The molecule has 0 unspecified atom stereocenters. The molecule has 0 aromatic heterocycles. The van der Waals surface area contributed by atoms with Gasteiger partial charge in [-0.1, -0.05) is 29.3 Å². The van der Waals surface area contributed by atoms with Crippen molar-refractivity contribution in [3.05, 3.63) is 64.2 Å². The number of hydrogen-bond donors (Lipinski definition) is 0. The molecule has 2 nitrogen and oxygen atoms in total. The first-order valence-corrected chi connectivity index (χ1v) is 7.20. The molecule has 2 aromatic rings. The van der Waals surface area contributed by atoms with Crippen molar-refractivity contribution in [2.24, 2.45) is 0 Å². The maximum Gasteiger partial charge on any atom is 0.258 e. The summed E-state index contributed by atoms with van der Waals surface area (Å²) in [5.41, 5.74) is 4.23. The molecule has 2 aromatic carbocycles. The lowest BCUT2D eigenvalue weighted by molar-refractivity contribution is 0.0985. The summed E-state index contributed by atoms with van der Waals surface area (Å²) in [5, 5.41) is 0.649. The molecule has 20 heavy (non-hydrogen) atoms. The van der Waals surface area contributed by atoms with Crippen LogP contribution in [0.2, 0.25) is 5.02 Å². The topological polar surface area (TPSA) is 20.3 Å². The van der Waals surface area contributed by atoms with Gasteiger partial charge in [0.25, 0.3) is 5.91 Å². The molecule has 0 aliphatic carbocycles. The van der Waals surface area contributed by atoms with E-state index in [4.69, 9.17) is 11.6 Å².